The molecule has 0 radical (unpaired) electrons. The van der Waals surface area contributed by atoms with Crippen molar-refractivity contribution in [1.29, 1.82) is 0 Å². The Kier molecular flexibility index (Phi) is 5.57. The highest BCUT2D eigenvalue weighted by molar-refractivity contribution is 9.10. The van der Waals surface area contributed by atoms with Gasteiger partial charge in [0.25, 0.3) is 0 Å². The van der Waals surface area contributed by atoms with Crippen LogP contribution in [0.25, 0.3) is 0 Å². The number of halogens is 1. The molecule has 0 bridgehead atoms. The number of benzene rings is 1. The van der Waals surface area contributed by atoms with Crippen molar-refractivity contribution in [3.05, 3.63) is 34.3 Å². The second-order valence-corrected chi connectivity index (χ2v) is 5.78. The number of nitrogens with one attached hydrogen (secondary N) is 2. The van der Waals surface area contributed by atoms with E-state index in [9.17, 15) is 13.2 Å². The first-order chi connectivity index (χ1) is 8.43. The molecule has 0 saturated carbocycles. The Bertz CT molecular complexity index is 501. The molecule has 0 atom stereocenters. The highest BCUT2D eigenvalue weighted by atomic mass is 79.9. The van der Waals surface area contributed by atoms with Crippen LogP contribution in [-0.4, -0.2) is 28.2 Å². The van der Waals surface area contributed by atoms with Gasteiger partial charge < -0.3 is 4.74 Å². The van der Waals surface area contributed by atoms with Crippen LogP contribution in [0.2, 0.25) is 0 Å². The third-order valence-electron chi connectivity index (χ3n) is 2.02. The molecule has 0 unspecified atom stereocenters. The van der Waals surface area contributed by atoms with Gasteiger partial charge in [-0.1, -0.05) is 28.1 Å². The van der Waals surface area contributed by atoms with E-state index in [1.807, 2.05) is 24.3 Å². The highest BCUT2D eigenvalue weighted by Crippen LogP contribution is 2.10. The summed E-state index contributed by atoms with van der Waals surface area (Å²) in [7, 11) is -2.77. The number of amides is 1. The standard InChI is InChI=1S/C10H13BrN2O4S/c1-17-10(14)13-18(15,16)12-7-6-8-2-4-9(11)5-3-8/h2-5,12H,6-7H2,1H3,(H,13,14). The van der Waals surface area contributed by atoms with Gasteiger partial charge in [-0.05, 0) is 24.1 Å². The van der Waals surface area contributed by atoms with Gasteiger partial charge in [0, 0.05) is 11.0 Å². The Morgan fingerprint density at radius 3 is 2.50 bits per heavy atom. The van der Waals surface area contributed by atoms with Crippen LogP contribution in [0.4, 0.5) is 4.79 Å². The van der Waals surface area contributed by atoms with E-state index < -0.39 is 16.3 Å². The molecule has 0 aromatic heterocycles. The minimum atomic E-state index is -3.86. The zero-order valence-corrected chi connectivity index (χ0v) is 12.0. The molecule has 1 aromatic rings. The lowest BCUT2D eigenvalue weighted by atomic mass is 10.2. The van der Waals surface area contributed by atoms with Crippen LogP contribution in [0.15, 0.2) is 28.7 Å². The first-order valence-corrected chi connectivity index (χ1v) is 7.30. The van der Waals surface area contributed by atoms with Crippen molar-refractivity contribution in [2.75, 3.05) is 13.7 Å². The molecule has 1 amide bonds. The first-order valence-electron chi connectivity index (χ1n) is 5.03. The lowest BCUT2D eigenvalue weighted by Crippen LogP contribution is -2.40. The van der Waals surface area contributed by atoms with Gasteiger partial charge in [-0.2, -0.15) is 13.1 Å². The molecule has 0 aliphatic carbocycles. The van der Waals surface area contributed by atoms with Gasteiger partial charge in [-0.3, -0.25) is 0 Å². The highest BCUT2D eigenvalue weighted by Gasteiger charge is 2.13. The molecule has 8 heteroatoms. The SMILES string of the molecule is COC(=O)NS(=O)(=O)NCCc1ccc(Br)cc1. The largest absolute Gasteiger partial charge is 0.452 e. The third kappa shape index (κ3) is 5.48. The van der Waals surface area contributed by atoms with E-state index in [0.29, 0.717) is 6.42 Å². The van der Waals surface area contributed by atoms with Crippen LogP contribution in [-0.2, 0) is 21.4 Å². The van der Waals surface area contributed by atoms with Crippen molar-refractivity contribution in [3.8, 4) is 0 Å². The molecular weight excluding hydrogens is 324 g/mol. The van der Waals surface area contributed by atoms with Crippen molar-refractivity contribution >= 4 is 32.2 Å². The van der Waals surface area contributed by atoms with Crippen LogP contribution in [0, 0.1) is 0 Å². The second kappa shape index (κ2) is 6.72. The molecule has 0 aliphatic heterocycles. The summed E-state index contributed by atoms with van der Waals surface area (Å²) in [5.41, 5.74) is 0.985. The lowest BCUT2D eigenvalue weighted by Gasteiger charge is -2.07. The summed E-state index contributed by atoms with van der Waals surface area (Å²) < 4.78 is 31.7. The predicted molar refractivity (Wildman–Crippen MR) is 70.3 cm³/mol. The minimum Gasteiger partial charge on any atom is -0.452 e. The van der Waals surface area contributed by atoms with E-state index in [2.05, 4.69) is 25.4 Å². The summed E-state index contributed by atoms with van der Waals surface area (Å²) in [6.45, 7) is 0.188. The van der Waals surface area contributed by atoms with E-state index >= 15 is 0 Å². The fourth-order valence-corrected chi connectivity index (χ4v) is 2.18. The van der Waals surface area contributed by atoms with E-state index in [1.54, 1.807) is 4.72 Å². The van der Waals surface area contributed by atoms with Crippen molar-refractivity contribution < 1.29 is 17.9 Å². The summed E-state index contributed by atoms with van der Waals surface area (Å²) in [5, 5.41) is 0. The van der Waals surface area contributed by atoms with Gasteiger partial charge in [-0.25, -0.2) is 9.52 Å². The van der Waals surface area contributed by atoms with Gasteiger partial charge in [0.05, 0.1) is 7.11 Å². The van der Waals surface area contributed by atoms with Gasteiger partial charge in [0.15, 0.2) is 0 Å². The van der Waals surface area contributed by atoms with Gasteiger partial charge in [-0.15, -0.1) is 0 Å². The zero-order valence-electron chi connectivity index (χ0n) is 9.64. The number of hydrogen-bond donors (Lipinski definition) is 2. The molecule has 2 N–H and O–H groups in total. The van der Waals surface area contributed by atoms with E-state index in [1.165, 1.54) is 0 Å². The average Bonchev–Trinajstić information content (AvgIpc) is 2.31. The van der Waals surface area contributed by atoms with Crippen LogP contribution in [0.5, 0.6) is 0 Å². The molecule has 0 heterocycles. The number of ether oxygens (including phenoxy) is 1. The van der Waals surface area contributed by atoms with Crippen molar-refractivity contribution in [3.63, 3.8) is 0 Å². The maximum atomic E-state index is 11.3. The topological polar surface area (TPSA) is 84.5 Å². The third-order valence-corrected chi connectivity index (χ3v) is 3.57. The van der Waals surface area contributed by atoms with Crippen LogP contribution in [0.1, 0.15) is 5.56 Å². The zero-order chi connectivity index (χ0) is 13.6. The van der Waals surface area contributed by atoms with Crippen molar-refractivity contribution in [1.82, 2.24) is 9.44 Å². The number of carbonyl (C=O) groups excluding carboxylic acids is 1. The molecule has 18 heavy (non-hydrogen) atoms. The van der Waals surface area contributed by atoms with Gasteiger partial charge in [0.2, 0.25) is 0 Å². The summed E-state index contributed by atoms with van der Waals surface area (Å²) in [4.78, 5) is 10.7. The van der Waals surface area contributed by atoms with Crippen LogP contribution in [0.3, 0.4) is 0 Å². The Balaban J connectivity index is 2.41. The Hall–Kier alpha value is -1.12. The maximum absolute atomic E-state index is 11.3. The quantitative estimate of drug-likeness (QED) is 0.845. The molecule has 0 fully saturated rings. The normalized spacial score (nSPS) is 11.0. The monoisotopic (exact) mass is 336 g/mol. The first kappa shape index (κ1) is 14.9. The second-order valence-electron chi connectivity index (χ2n) is 3.37. The molecule has 0 spiro atoms. The summed E-state index contributed by atoms with van der Waals surface area (Å²) >= 11 is 3.31. The number of hydrogen-bond acceptors (Lipinski definition) is 4. The summed E-state index contributed by atoms with van der Waals surface area (Å²) in [6, 6.07) is 7.51. The fraction of sp³-hybridized carbons (Fsp3) is 0.300. The lowest BCUT2D eigenvalue weighted by molar-refractivity contribution is 0.177. The molecule has 100 valence electrons. The number of carbonyl (C=O) groups is 1. The molecule has 0 aliphatic rings. The number of rotatable bonds is 5. The molecule has 6 nitrogen and oxygen atoms in total. The Morgan fingerprint density at radius 2 is 1.94 bits per heavy atom. The van der Waals surface area contributed by atoms with Crippen molar-refractivity contribution in [2.24, 2.45) is 0 Å². The van der Waals surface area contributed by atoms with E-state index in [0.717, 1.165) is 17.1 Å². The summed E-state index contributed by atoms with van der Waals surface area (Å²) in [5.74, 6) is 0. The molecule has 1 rings (SSSR count). The Labute approximate surface area is 114 Å². The Morgan fingerprint density at radius 1 is 1.33 bits per heavy atom. The molecule has 1 aromatic carbocycles. The fourth-order valence-electron chi connectivity index (χ4n) is 1.17. The van der Waals surface area contributed by atoms with Gasteiger partial charge >= 0.3 is 16.3 Å². The van der Waals surface area contributed by atoms with E-state index in [-0.39, 0.29) is 6.54 Å². The van der Waals surface area contributed by atoms with Crippen LogP contribution < -0.4 is 9.44 Å². The molecular formula is C10H13BrN2O4S. The minimum absolute atomic E-state index is 0.188. The smallest absolute Gasteiger partial charge is 0.421 e. The summed E-state index contributed by atoms with van der Waals surface area (Å²) in [6.07, 6.45) is -0.499. The van der Waals surface area contributed by atoms with E-state index in [4.69, 9.17) is 0 Å². The van der Waals surface area contributed by atoms with Crippen LogP contribution >= 0.6 is 15.9 Å². The van der Waals surface area contributed by atoms with Crippen molar-refractivity contribution in [2.45, 2.75) is 6.42 Å². The predicted octanol–water partition coefficient (Wildman–Crippen LogP) is 1.18. The van der Waals surface area contributed by atoms with Gasteiger partial charge in [0.1, 0.15) is 0 Å². The molecule has 0 saturated heterocycles. The maximum Gasteiger partial charge on any atom is 0.421 e. The average molecular weight is 337 g/mol. The number of methoxy groups -OCH3 is 1.